The molecule has 2 nitrogen and oxygen atoms in total. The molecule has 11 rings (SSSR count). The fraction of sp³-hybridized carbons (Fsp3) is 0. The molecule has 0 radical (unpaired) electrons. The van der Waals surface area contributed by atoms with Crippen LogP contribution in [-0.2, 0) is 0 Å². The molecule has 2 aromatic heterocycles. The van der Waals surface area contributed by atoms with E-state index >= 15 is 0 Å². The topological polar surface area (TPSA) is 8.17 Å². The summed E-state index contributed by atoms with van der Waals surface area (Å²) >= 11 is 1.86. The molecule has 0 spiro atoms. The lowest BCUT2D eigenvalue weighted by molar-refractivity contribution is 1.18. The van der Waals surface area contributed by atoms with Gasteiger partial charge in [-0.15, -0.1) is 11.3 Å². The van der Waals surface area contributed by atoms with E-state index in [9.17, 15) is 0 Å². The summed E-state index contributed by atoms with van der Waals surface area (Å²) in [5.74, 6) is 0. The molecule has 57 heavy (non-hydrogen) atoms. The molecular weight excluding hydrogens is 709 g/mol. The quantitative estimate of drug-likeness (QED) is 0.158. The van der Waals surface area contributed by atoms with Crippen molar-refractivity contribution in [3.05, 3.63) is 218 Å². The lowest BCUT2D eigenvalue weighted by Gasteiger charge is -2.28. The van der Waals surface area contributed by atoms with Crippen molar-refractivity contribution < 1.29 is 0 Å². The van der Waals surface area contributed by atoms with E-state index in [4.69, 9.17) is 0 Å². The van der Waals surface area contributed by atoms with Gasteiger partial charge in [-0.05, 0) is 88.5 Å². The Hall–Kier alpha value is -7.20. The minimum atomic E-state index is 1.09. The molecule has 0 saturated carbocycles. The number of para-hydroxylation sites is 2. The van der Waals surface area contributed by atoms with E-state index in [1.807, 2.05) is 11.3 Å². The second-order valence-corrected chi connectivity index (χ2v) is 15.6. The third-order valence-corrected chi connectivity index (χ3v) is 12.3. The number of thiophene rings is 1. The second-order valence-electron chi connectivity index (χ2n) is 14.5. The average molecular weight is 745 g/mol. The fourth-order valence-corrected chi connectivity index (χ4v) is 9.80. The molecule has 0 aliphatic rings. The Morgan fingerprint density at radius 3 is 1.68 bits per heavy atom. The van der Waals surface area contributed by atoms with Crippen LogP contribution in [0.25, 0.3) is 81.0 Å². The van der Waals surface area contributed by atoms with E-state index in [0.717, 1.165) is 28.3 Å². The first-order chi connectivity index (χ1) is 28.3. The number of hydrogen-bond donors (Lipinski definition) is 0. The summed E-state index contributed by atoms with van der Waals surface area (Å²) in [6, 6.07) is 79.3. The molecule has 11 aromatic rings. The predicted octanol–water partition coefficient (Wildman–Crippen LogP) is 15.6. The third kappa shape index (κ3) is 5.63. The van der Waals surface area contributed by atoms with Crippen molar-refractivity contribution in [1.82, 2.24) is 4.57 Å². The van der Waals surface area contributed by atoms with Crippen molar-refractivity contribution in [3.8, 4) is 39.1 Å². The SMILES string of the molecule is c1ccc(-c2ccccc2N(c2ccc(-c3cccc4sc5ccccc5c34)cc2)c2ccc3c4c(-c5ccccc5)cccc4n(-c4ccccc4)c3c2)cc1. The summed E-state index contributed by atoms with van der Waals surface area (Å²) < 4.78 is 5.06. The molecule has 0 aliphatic heterocycles. The van der Waals surface area contributed by atoms with E-state index in [2.05, 4.69) is 228 Å². The minimum Gasteiger partial charge on any atom is -0.310 e. The van der Waals surface area contributed by atoms with E-state index < -0.39 is 0 Å². The predicted molar refractivity (Wildman–Crippen MR) is 245 cm³/mol. The maximum atomic E-state index is 2.43. The number of anilines is 3. The van der Waals surface area contributed by atoms with Gasteiger partial charge in [0.05, 0.1) is 16.7 Å². The van der Waals surface area contributed by atoms with Crippen molar-refractivity contribution >= 4 is 70.4 Å². The monoisotopic (exact) mass is 744 g/mol. The normalized spacial score (nSPS) is 11.5. The Morgan fingerprint density at radius 1 is 0.351 bits per heavy atom. The van der Waals surface area contributed by atoms with Crippen LogP contribution in [0.5, 0.6) is 0 Å². The van der Waals surface area contributed by atoms with Gasteiger partial charge < -0.3 is 9.47 Å². The average Bonchev–Trinajstić information content (AvgIpc) is 3.84. The van der Waals surface area contributed by atoms with E-state index in [1.54, 1.807) is 0 Å². The van der Waals surface area contributed by atoms with Crippen LogP contribution in [0.3, 0.4) is 0 Å². The van der Waals surface area contributed by atoms with Crippen LogP contribution in [0, 0.1) is 0 Å². The van der Waals surface area contributed by atoms with Crippen molar-refractivity contribution in [2.75, 3.05) is 4.90 Å². The Morgan fingerprint density at radius 2 is 0.912 bits per heavy atom. The molecule has 0 unspecified atom stereocenters. The summed E-state index contributed by atoms with van der Waals surface area (Å²) in [6.07, 6.45) is 0. The van der Waals surface area contributed by atoms with E-state index in [0.29, 0.717) is 0 Å². The van der Waals surface area contributed by atoms with Crippen LogP contribution in [0.15, 0.2) is 218 Å². The van der Waals surface area contributed by atoms with Gasteiger partial charge in [0.15, 0.2) is 0 Å². The minimum absolute atomic E-state index is 1.09. The highest BCUT2D eigenvalue weighted by Gasteiger charge is 2.22. The van der Waals surface area contributed by atoms with Gasteiger partial charge in [-0.3, -0.25) is 0 Å². The first-order valence-electron chi connectivity index (χ1n) is 19.4. The number of hydrogen-bond acceptors (Lipinski definition) is 2. The van der Waals surface area contributed by atoms with Crippen LogP contribution in [0.2, 0.25) is 0 Å². The molecule has 0 fully saturated rings. The highest BCUT2D eigenvalue weighted by atomic mass is 32.1. The Balaban J connectivity index is 1.14. The van der Waals surface area contributed by atoms with Gasteiger partial charge >= 0.3 is 0 Å². The molecule has 0 amide bonds. The molecule has 0 atom stereocenters. The lowest BCUT2D eigenvalue weighted by atomic mass is 9.98. The zero-order valence-electron chi connectivity index (χ0n) is 31.1. The second kappa shape index (κ2) is 13.8. The van der Waals surface area contributed by atoms with Gasteiger partial charge in [-0.25, -0.2) is 0 Å². The van der Waals surface area contributed by atoms with Crippen molar-refractivity contribution in [3.63, 3.8) is 0 Å². The molecule has 0 saturated heterocycles. The standard InChI is InChI=1S/C54H36N2S/c1-4-16-37(17-5-1)43-22-10-12-26-48(43)55(41-32-30-39(31-33-41)45-25-15-29-52-54(45)47-23-11-13-28-51(47)57-52)42-34-35-46-50(36-42)56(40-20-8-3-9-21-40)49-27-14-24-44(53(46)49)38-18-6-2-7-19-38/h1-36H. The van der Waals surface area contributed by atoms with Gasteiger partial charge in [-0.1, -0.05) is 158 Å². The van der Waals surface area contributed by atoms with Gasteiger partial charge in [0.25, 0.3) is 0 Å². The van der Waals surface area contributed by atoms with Crippen molar-refractivity contribution in [2.45, 2.75) is 0 Å². The zero-order chi connectivity index (χ0) is 37.7. The van der Waals surface area contributed by atoms with Gasteiger partial charge in [0.2, 0.25) is 0 Å². The first kappa shape index (κ1) is 33.2. The number of benzene rings is 9. The molecule has 3 heteroatoms. The molecule has 0 bridgehead atoms. The van der Waals surface area contributed by atoms with Gasteiger partial charge in [0.1, 0.15) is 0 Å². The maximum Gasteiger partial charge on any atom is 0.0562 e. The Labute approximate surface area is 335 Å². The van der Waals surface area contributed by atoms with Crippen LogP contribution < -0.4 is 4.90 Å². The first-order valence-corrected chi connectivity index (χ1v) is 20.3. The smallest absolute Gasteiger partial charge is 0.0562 e. The van der Waals surface area contributed by atoms with Crippen LogP contribution in [0.1, 0.15) is 0 Å². The van der Waals surface area contributed by atoms with Crippen LogP contribution >= 0.6 is 11.3 Å². The molecule has 0 aliphatic carbocycles. The highest BCUT2D eigenvalue weighted by Crippen LogP contribution is 2.46. The molecular formula is C54H36N2S. The molecule has 2 heterocycles. The summed E-state index contributed by atoms with van der Waals surface area (Å²) in [5.41, 5.74) is 14.0. The van der Waals surface area contributed by atoms with Crippen molar-refractivity contribution in [2.24, 2.45) is 0 Å². The number of nitrogens with zero attached hydrogens (tertiary/aromatic N) is 2. The fourth-order valence-electron chi connectivity index (χ4n) is 8.67. The number of rotatable bonds is 7. The summed E-state index contributed by atoms with van der Waals surface area (Å²) in [4.78, 5) is 2.43. The van der Waals surface area contributed by atoms with E-state index in [-0.39, 0.29) is 0 Å². The number of fused-ring (bicyclic) bond motifs is 6. The summed E-state index contributed by atoms with van der Waals surface area (Å²) in [6.45, 7) is 0. The van der Waals surface area contributed by atoms with E-state index in [1.165, 1.54) is 69.8 Å². The van der Waals surface area contributed by atoms with Crippen molar-refractivity contribution in [1.29, 1.82) is 0 Å². The molecule has 268 valence electrons. The molecule has 9 aromatic carbocycles. The summed E-state index contributed by atoms with van der Waals surface area (Å²) in [7, 11) is 0. The van der Waals surface area contributed by atoms with Gasteiger partial charge in [0, 0.05) is 53.6 Å². The Bertz CT molecular complexity index is 3220. The largest absolute Gasteiger partial charge is 0.310 e. The lowest BCUT2D eigenvalue weighted by Crippen LogP contribution is -2.11. The third-order valence-electron chi connectivity index (χ3n) is 11.2. The van der Waals surface area contributed by atoms with Crippen LogP contribution in [-0.4, -0.2) is 4.57 Å². The number of aromatic nitrogens is 1. The zero-order valence-corrected chi connectivity index (χ0v) is 31.9. The molecule has 0 N–H and O–H groups in total. The summed E-state index contributed by atoms with van der Waals surface area (Å²) in [5, 5.41) is 5.11. The Kier molecular flexibility index (Phi) is 8.04. The van der Waals surface area contributed by atoms with Gasteiger partial charge in [-0.2, -0.15) is 0 Å². The highest BCUT2D eigenvalue weighted by molar-refractivity contribution is 7.25. The van der Waals surface area contributed by atoms with Crippen LogP contribution in [0.4, 0.5) is 17.1 Å². The maximum absolute atomic E-state index is 2.43.